The molecule has 0 spiro atoms. The van der Waals surface area contributed by atoms with Crippen LogP contribution < -0.4 is 0 Å². The Morgan fingerprint density at radius 1 is 0.183 bits per heavy atom. The van der Waals surface area contributed by atoms with Gasteiger partial charge in [-0.15, -0.1) is 0 Å². The first-order valence-electron chi connectivity index (χ1n) is 20.9. The summed E-state index contributed by atoms with van der Waals surface area (Å²) in [5, 5.41) is 15.3. The van der Waals surface area contributed by atoms with Gasteiger partial charge in [0.2, 0.25) is 0 Å². The molecule has 0 aliphatic heterocycles. The predicted octanol–water partition coefficient (Wildman–Crippen LogP) is 16.9. The molecule has 60 heavy (non-hydrogen) atoms. The van der Waals surface area contributed by atoms with Gasteiger partial charge in [0.15, 0.2) is 0 Å². The molecule has 0 radical (unpaired) electrons. The summed E-state index contributed by atoms with van der Waals surface area (Å²) in [6, 6.07) is 81.3. The first-order valence-corrected chi connectivity index (χ1v) is 20.9. The van der Waals surface area contributed by atoms with Crippen molar-refractivity contribution in [1.82, 2.24) is 0 Å². The fraction of sp³-hybridized carbons (Fsp3) is 0. The third-order valence-electron chi connectivity index (χ3n) is 13.1. The number of rotatable bonds is 4. The van der Waals surface area contributed by atoms with Crippen LogP contribution in [0.5, 0.6) is 0 Å². The fourth-order valence-electron chi connectivity index (χ4n) is 10.5. The monoisotopic (exact) mass is 756 g/mol. The third kappa shape index (κ3) is 4.86. The van der Waals surface area contributed by atoms with Crippen molar-refractivity contribution in [3.05, 3.63) is 218 Å². The molecule has 1 aliphatic carbocycles. The molecule has 0 saturated heterocycles. The minimum atomic E-state index is 1.23. The zero-order valence-electron chi connectivity index (χ0n) is 32.8. The molecule has 0 N–H and O–H groups in total. The molecule has 0 saturated carbocycles. The summed E-state index contributed by atoms with van der Waals surface area (Å²) in [5.41, 5.74) is 15.3. The highest BCUT2D eigenvalue weighted by Gasteiger charge is 2.31. The van der Waals surface area contributed by atoms with Gasteiger partial charge in [-0.05, 0) is 162 Å². The highest BCUT2D eigenvalue weighted by Crippen LogP contribution is 2.59. The number of benzene rings is 12. The van der Waals surface area contributed by atoms with E-state index in [0.717, 1.165) is 0 Å². The van der Waals surface area contributed by atoms with Crippen LogP contribution in [0, 0.1) is 0 Å². The molecule has 0 aromatic heterocycles. The van der Waals surface area contributed by atoms with Crippen LogP contribution in [0.1, 0.15) is 0 Å². The van der Waals surface area contributed by atoms with Crippen molar-refractivity contribution in [2.75, 3.05) is 0 Å². The average molecular weight is 757 g/mol. The fourth-order valence-corrected chi connectivity index (χ4v) is 10.5. The molecular weight excluding hydrogens is 721 g/mol. The van der Waals surface area contributed by atoms with Gasteiger partial charge in [-0.3, -0.25) is 0 Å². The zero-order valence-corrected chi connectivity index (χ0v) is 32.8. The molecule has 0 nitrogen and oxygen atoms in total. The van der Waals surface area contributed by atoms with Crippen LogP contribution in [-0.4, -0.2) is 0 Å². The lowest BCUT2D eigenvalue weighted by molar-refractivity contribution is 1.62. The van der Waals surface area contributed by atoms with Crippen molar-refractivity contribution in [3.8, 4) is 66.8 Å². The van der Waals surface area contributed by atoms with Crippen LogP contribution in [0.3, 0.4) is 0 Å². The van der Waals surface area contributed by atoms with Crippen molar-refractivity contribution < 1.29 is 0 Å². The summed E-state index contributed by atoms with van der Waals surface area (Å²) in [5.74, 6) is 0. The highest BCUT2D eigenvalue weighted by atomic mass is 14.3. The second-order valence-electron chi connectivity index (χ2n) is 16.3. The molecule has 276 valence electrons. The van der Waals surface area contributed by atoms with Crippen LogP contribution in [-0.2, 0) is 0 Å². The van der Waals surface area contributed by atoms with Crippen molar-refractivity contribution in [2.24, 2.45) is 0 Å². The van der Waals surface area contributed by atoms with Gasteiger partial charge in [0.25, 0.3) is 0 Å². The van der Waals surface area contributed by atoms with Gasteiger partial charge in [0.05, 0.1) is 0 Å². The first-order chi connectivity index (χ1) is 29.8. The van der Waals surface area contributed by atoms with Crippen LogP contribution >= 0.6 is 0 Å². The van der Waals surface area contributed by atoms with Crippen molar-refractivity contribution in [2.45, 2.75) is 0 Å². The normalized spacial score (nSPS) is 12.0. The van der Waals surface area contributed by atoms with Crippen molar-refractivity contribution >= 4 is 64.6 Å². The molecule has 0 fully saturated rings. The average Bonchev–Trinajstić information content (AvgIpc) is 3.64. The Balaban J connectivity index is 1.06. The van der Waals surface area contributed by atoms with Crippen molar-refractivity contribution in [1.29, 1.82) is 0 Å². The van der Waals surface area contributed by atoms with Crippen LogP contribution in [0.2, 0.25) is 0 Å². The summed E-state index contributed by atoms with van der Waals surface area (Å²) >= 11 is 0. The molecular formula is C60H36. The standard InChI is InChI=1S/C60H36/c1-3-15-38(16-4-1)56-48-22-11-12-23-49(48)57(39-17-5-2-6-18-39)60-55-36-53-47-21-10-9-20-46(47)52(35-54(53)50-24-13-25-51(58(50)55)59(56)60)45-31-30-43-33-42(28-29-44(43)34-45)41-27-26-37-14-7-8-19-40(37)32-41/h1-36H. The lowest BCUT2D eigenvalue weighted by Gasteiger charge is -2.20. The Morgan fingerprint density at radius 3 is 1.30 bits per heavy atom. The summed E-state index contributed by atoms with van der Waals surface area (Å²) in [6.07, 6.45) is 0. The molecule has 1 aliphatic rings. The smallest absolute Gasteiger partial charge is 0.000719 e. The molecule has 12 aromatic carbocycles. The first kappa shape index (κ1) is 33.2. The quantitative estimate of drug-likeness (QED) is 0.157. The topological polar surface area (TPSA) is 0 Å². The van der Waals surface area contributed by atoms with E-state index >= 15 is 0 Å². The van der Waals surface area contributed by atoms with Gasteiger partial charge in [-0.1, -0.05) is 188 Å². The van der Waals surface area contributed by atoms with Gasteiger partial charge >= 0.3 is 0 Å². The largest absolute Gasteiger partial charge is 0.0622 e. The Hall–Kier alpha value is -7.80. The summed E-state index contributed by atoms with van der Waals surface area (Å²) in [4.78, 5) is 0. The van der Waals surface area contributed by atoms with E-state index in [1.54, 1.807) is 0 Å². The van der Waals surface area contributed by atoms with E-state index in [1.165, 1.54) is 131 Å². The SMILES string of the molecule is c1ccc(-c2c3c(c(-c4ccccc4)c4ccccc24)-c2cc4c5ccccc5c(-c5ccc6cc(-c7ccc8ccccc8c7)ccc6c5)cc4c4cccc-3c24)cc1. The van der Waals surface area contributed by atoms with E-state index in [2.05, 4.69) is 218 Å². The second-order valence-corrected chi connectivity index (χ2v) is 16.3. The van der Waals surface area contributed by atoms with E-state index in [0.29, 0.717) is 0 Å². The van der Waals surface area contributed by atoms with Crippen LogP contribution in [0.4, 0.5) is 0 Å². The zero-order chi connectivity index (χ0) is 39.3. The second kappa shape index (κ2) is 12.9. The molecule has 0 heterocycles. The van der Waals surface area contributed by atoms with E-state index in [-0.39, 0.29) is 0 Å². The van der Waals surface area contributed by atoms with Gasteiger partial charge in [0.1, 0.15) is 0 Å². The highest BCUT2D eigenvalue weighted by molar-refractivity contribution is 6.33. The molecule has 0 atom stereocenters. The number of hydrogen-bond acceptors (Lipinski definition) is 0. The molecule has 13 rings (SSSR count). The Morgan fingerprint density at radius 2 is 0.633 bits per heavy atom. The van der Waals surface area contributed by atoms with Gasteiger partial charge < -0.3 is 0 Å². The van der Waals surface area contributed by atoms with Gasteiger partial charge in [-0.2, -0.15) is 0 Å². The van der Waals surface area contributed by atoms with Crippen LogP contribution in [0.25, 0.3) is 131 Å². The summed E-state index contributed by atoms with van der Waals surface area (Å²) in [7, 11) is 0. The Kier molecular flexibility index (Phi) is 7.11. The molecule has 0 unspecified atom stereocenters. The number of fused-ring (bicyclic) bond motifs is 10. The summed E-state index contributed by atoms with van der Waals surface area (Å²) in [6.45, 7) is 0. The molecule has 0 heteroatoms. The maximum atomic E-state index is 2.52. The van der Waals surface area contributed by atoms with E-state index < -0.39 is 0 Å². The van der Waals surface area contributed by atoms with E-state index in [1.807, 2.05) is 0 Å². The Bertz CT molecular complexity index is 3740. The minimum absolute atomic E-state index is 1.23. The third-order valence-corrected chi connectivity index (χ3v) is 13.1. The lowest BCUT2D eigenvalue weighted by Crippen LogP contribution is -1.93. The Labute approximate surface area is 348 Å². The predicted molar refractivity (Wildman–Crippen MR) is 258 cm³/mol. The van der Waals surface area contributed by atoms with Gasteiger partial charge in [-0.25, -0.2) is 0 Å². The molecule has 0 amide bonds. The maximum absolute atomic E-state index is 2.52. The van der Waals surface area contributed by atoms with Crippen molar-refractivity contribution in [3.63, 3.8) is 0 Å². The molecule has 0 bridgehead atoms. The molecule has 12 aromatic rings. The lowest BCUT2D eigenvalue weighted by atomic mass is 9.82. The minimum Gasteiger partial charge on any atom is -0.0622 e. The number of hydrogen-bond donors (Lipinski definition) is 0. The summed E-state index contributed by atoms with van der Waals surface area (Å²) < 4.78 is 0. The maximum Gasteiger partial charge on any atom is -0.000719 e. The van der Waals surface area contributed by atoms with E-state index in [4.69, 9.17) is 0 Å². The van der Waals surface area contributed by atoms with Gasteiger partial charge in [0, 0.05) is 0 Å². The van der Waals surface area contributed by atoms with E-state index in [9.17, 15) is 0 Å². The van der Waals surface area contributed by atoms with Crippen LogP contribution in [0.15, 0.2) is 218 Å².